The highest BCUT2D eigenvalue weighted by Gasteiger charge is 2.09. The van der Waals surface area contributed by atoms with Crippen molar-refractivity contribution in [3.63, 3.8) is 0 Å². The summed E-state index contributed by atoms with van der Waals surface area (Å²) in [5.41, 5.74) is 2.60. The van der Waals surface area contributed by atoms with Crippen molar-refractivity contribution in [2.24, 2.45) is 0 Å². The van der Waals surface area contributed by atoms with Gasteiger partial charge in [-0.05, 0) is 43.2 Å². The summed E-state index contributed by atoms with van der Waals surface area (Å²) in [5, 5.41) is 2.76. The van der Waals surface area contributed by atoms with Crippen molar-refractivity contribution >= 4 is 27.5 Å². The average molecular weight is 322 g/mol. The molecule has 1 N–H and O–H groups in total. The molecule has 1 amide bonds. The van der Waals surface area contributed by atoms with E-state index in [0.29, 0.717) is 11.3 Å². The number of halogens is 1. The van der Waals surface area contributed by atoms with Crippen molar-refractivity contribution in [2.75, 3.05) is 5.32 Å². The van der Waals surface area contributed by atoms with Crippen molar-refractivity contribution in [3.8, 4) is 0 Å². The molecule has 19 heavy (non-hydrogen) atoms. The van der Waals surface area contributed by atoms with Crippen LogP contribution in [0, 0.1) is 13.8 Å². The quantitative estimate of drug-likeness (QED) is 0.923. The fourth-order valence-electron chi connectivity index (χ4n) is 1.71. The molecule has 4 nitrogen and oxygen atoms in total. The molecule has 0 saturated carbocycles. The fraction of sp³-hybridized carbons (Fsp3) is 0.143. The van der Waals surface area contributed by atoms with Gasteiger partial charge >= 0.3 is 5.63 Å². The van der Waals surface area contributed by atoms with Crippen LogP contribution in [-0.2, 0) is 0 Å². The van der Waals surface area contributed by atoms with Crippen molar-refractivity contribution in [2.45, 2.75) is 13.8 Å². The Morgan fingerprint density at radius 1 is 1.21 bits per heavy atom. The van der Waals surface area contributed by atoms with Gasteiger partial charge in [0.05, 0.1) is 5.56 Å². The van der Waals surface area contributed by atoms with Gasteiger partial charge in [-0.15, -0.1) is 0 Å². The van der Waals surface area contributed by atoms with Gasteiger partial charge in [-0.3, -0.25) is 4.79 Å². The summed E-state index contributed by atoms with van der Waals surface area (Å²) in [7, 11) is 0. The molecule has 1 heterocycles. The van der Waals surface area contributed by atoms with E-state index in [2.05, 4.69) is 25.7 Å². The summed E-state index contributed by atoms with van der Waals surface area (Å²) in [4.78, 5) is 22.8. The Bertz CT molecular complexity index is 648. The van der Waals surface area contributed by atoms with Crippen LogP contribution in [0.5, 0.6) is 0 Å². The number of carbonyl (C=O) groups excluding carboxylic acids is 1. The molecule has 2 rings (SSSR count). The second kappa shape index (κ2) is 5.40. The number of amides is 1. The lowest BCUT2D eigenvalue weighted by atomic mass is 10.1. The minimum atomic E-state index is -0.480. The third-order valence-corrected chi connectivity index (χ3v) is 3.91. The summed E-state index contributed by atoms with van der Waals surface area (Å²) in [6.45, 7) is 3.91. The fourth-order valence-corrected chi connectivity index (χ4v) is 1.94. The van der Waals surface area contributed by atoms with Crippen molar-refractivity contribution in [1.82, 2.24) is 0 Å². The number of hydrogen-bond acceptors (Lipinski definition) is 3. The molecule has 0 fully saturated rings. The number of nitrogens with one attached hydrogen (secondary N) is 1. The minimum Gasteiger partial charge on any atom is -0.430 e. The van der Waals surface area contributed by atoms with Gasteiger partial charge in [-0.25, -0.2) is 4.79 Å². The van der Waals surface area contributed by atoms with Crippen molar-refractivity contribution < 1.29 is 9.21 Å². The van der Waals surface area contributed by atoms with Crippen molar-refractivity contribution in [1.29, 1.82) is 0 Å². The van der Waals surface area contributed by atoms with E-state index in [4.69, 9.17) is 0 Å². The van der Waals surface area contributed by atoms with E-state index in [0.717, 1.165) is 21.9 Å². The number of carbonyl (C=O) groups is 1. The van der Waals surface area contributed by atoms with Gasteiger partial charge < -0.3 is 9.73 Å². The van der Waals surface area contributed by atoms with Crippen LogP contribution in [0.15, 0.2) is 44.2 Å². The zero-order chi connectivity index (χ0) is 14.0. The molecule has 0 aliphatic heterocycles. The molecule has 98 valence electrons. The molecule has 0 aliphatic rings. The normalized spacial score (nSPS) is 10.3. The first-order chi connectivity index (χ1) is 8.97. The Morgan fingerprint density at radius 2 is 1.84 bits per heavy atom. The molecule has 0 unspecified atom stereocenters. The first-order valence-electron chi connectivity index (χ1n) is 5.64. The Balaban J connectivity index is 2.24. The van der Waals surface area contributed by atoms with Gasteiger partial charge in [0.25, 0.3) is 5.91 Å². The highest BCUT2D eigenvalue weighted by Crippen LogP contribution is 2.25. The summed E-state index contributed by atoms with van der Waals surface area (Å²) in [6, 6.07) is 6.38. The maximum Gasteiger partial charge on any atom is 0.335 e. The predicted molar refractivity (Wildman–Crippen MR) is 76.5 cm³/mol. The highest BCUT2D eigenvalue weighted by atomic mass is 79.9. The largest absolute Gasteiger partial charge is 0.430 e. The van der Waals surface area contributed by atoms with Crippen LogP contribution in [0.2, 0.25) is 0 Å². The maximum absolute atomic E-state index is 11.9. The number of aryl methyl sites for hydroxylation is 2. The van der Waals surface area contributed by atoms with Gasteiger partial charge in [0.2, 0.25) is 0 Å². The lowest BCUT2D eigenvalue weighted by Gasteiger charge is -2.09. The van der Waals surface area contributed by atoms with Gasteiger partial charge in [-0.2, -0.15) is 0 Å². The predicted octanol–water partition coefficient (Wildman–Crippen LogP) is 3.27. The topological polar surface area (TPSA) is 59.3 Å². The zero-order valence-corrected chi connectivity index (χ0v) is 12.1. The summed E-state index contributed by atoms with van der Waals surface area (Å²) in [6.07, 6.45) is 1.15. The van der Waals surface area contributed by atoms with Gasteiger partial charge in [0, 0.05) is 16.2 Å². The second-order valence-electron chi connectivity index (χ2n) is 4.22. The Kier molecular flexibility index (Phi) is 3.85. The molecule has 0 saturated heterocycles. The molecule has 0 bridgehead atoms. The van der Waals surface area contributed by atoms with Crippen LogP contribution in [0.25, 0.3) is 0 Å². The summed E-state index contributed by atoms with van der Waals surface area (Å²) < 4.78 is 5.68. The monoisotopic (exact) mass is 321 g/mol. The van der Waals surface area contributed by atoms with Crippen LogP contribution in [0.3, 0.4) is 0 Å². The Hall–Kier alpha value is -1.88. The Labute approximate surface area is 118 Å². The van der Waals surface area contributed by atoms with E-state index in [1.165, 1.54) is 12.1 Å². The number of rotatable bonds is 2. The van der Waals surface area contributed by atoms with Crippen LogP contribution in [0.4, 0.5) is 5.69 Å². The standard InChI is InChI=1S/C14H12BrNO3/c1-8-5-11(6-9(2)13(8)15)16-14(18)10-3-4-12(17)19-7-10/h3-7H,1-2H3,(H,16,18). The van der Waals surface area contributed by atoms with Crippen LogP contribution < -0.4 is 10.9 Å². The van der Waals surface area contributed by atoms with E-state index in [9.17, 15) is 9.59 Å². The minimum absolute atomic E-state index is 0.304. The summed E-state index contributed by atoms with van der Waals surface area (Å²) in [5.74, 6) is -0.315. The second-order valence-corrected chi connectivity index (χ2v) is 5.01. The molecule has 5 heteroatoms. The van der Waals surface area contributed by atoms with Gasteiger partial charge in [0.1, 0.15) is 6.26 Å². The molecular formula is C14H12BrNO3. The lowest BCUT2D eigenvalue weighted by molar-refractivity contribution is 0.102. The van der Waals surface area contributed by atoms with Crippen LogP contribution >= 0.6 is 15.9 Å². The van der Waals surface area contributed by atoms with E-state index in [-0.39, 0.29) is 5.91 Å². The molecule has 1 aromatic heterocycles. The third-order valence-electron chi connectivity index (χ3n) is 2.66. The van der Waals surface area contributed by atoms with Crippen LogP contribution in [0.1, 0.15) is 21.5 Å². The molecule has 2 aromatic rings. The Morgan fingerprint density at radius 3 is 2.37 bits per heavy atom. The first kappa shape index (κ1) is 13.5. The van der Waals surface area contributed by atoms with E-state index in [1.54, 1.807) is 0 Å². The van der Waals surface area contributed by atoms with E-state index in [1.807, 2.05) is 26.0 Å². The third kappa shape index (κ3) is 3.12. The smallest absolute Gasteiger partial charge is 0.335 e. The zero-order valence-electron chi connectivity index (χ0n) is 10.5. The molecule has 0 spiro atoms. The van der Waals surface area contributed by atoms with E-state index < -0.39 is 5.63 Å². The SMILES string of the molecule is Cc1cc(NC(=O)c2ccc(=O)oc2)cc(C)c1Br. The number of anilines is 1. The molecule has 1 aromatic carbocycles. The molecule has 0 aliphatic carbocycles. The first-order valence-corrected chi connectivity index (χ1v) is 6.43. The molecular weight excluding hydrogens is 310 g/mol. The van der Waals surface area contributed by atoms with E-state index >= 15 is 0 Å². The maximum atomic E-state index is 11.9. The van der Waals surface area contributed by atoms with Gasteiger partial charge in [-0.1, -0.05) is 15.9 Å². The molecule has 0 atom stereocenters. The summed E-state index contributed by atoms with van der Waals surface area (Å²) >= 11 is 3.47. The molecule has 0 radical (unpaired) electrons. The van der Waals surface area contributed by atoms with Gasteiger partial charge in [0.15, 0.2) is 0 Å². The number of hydrogen-bond donors (Lipinski definition) is 1. The average Bonchev–Trinajstić information content (AvgIpc) is 2.36. The highest BCUT2D eigenvalue weighted by molar-refractivity contribution is 9.10. The van der Waals surface area contributed by atoms with Crippen molar-refractivity contribution in [3.05, 3.63) is 62.1 Å². The number of benzene rings is 1. The lowest BCUT2D eigenvalue weighted by Crippen LogP contribution is -2.13. The van der Waals surface area contributed by atoms with Crippen LogP contribution in [-0.4, -0.2) is 5.91 Å².